The maximum Gasteiger partial charge on any atom is 0.336 e. The first kappa shape index (κ1) is 16.2. The zero-order valence-electron chi connectivity index (χ0n) is 13.6. The van der Waals surface area contributed by atoms with Gasteiger partial charge >= 0.3 is 5.97 Å². The lowest BCUT2D eigenvalue weighted by Gasteiger charge is -2.29. The van der Waals surface area contributed by atoms with Crippen LogP contribution in [-0.2, 0) is 19.5 Å². The number of aromatic carboxylic acids is 1. The fourth-order valence-corrected chi connectivity index (χ4v) is 3.84. The van der Waals surface area contributed by atoms with E-state index in [1.807, 2.05) is 36.4 Å². The molecule has 25 heavy (non-hydrogen) atoms. The molecule has 0 saturated carbocycles. The van der Waals surface area contributed by atoms with E-state index in [2.05, 4.69) is 33.0 Å². The Bertz CT molecular complexity index is 957. The zero-order chi connectivity index (χ0) is 17.4. The van der Waals surface area contributed by atoms with Gasteiger partial charge in [0.15, 0.2) is 0 Å². The third-order valence-corrected chi connectivity index (χ3v) is 5.14. The number of carboxylic acids is 1. The van der Waals surface area contributed by atoms with Crippen molar-refractivity contribution in [1.82, 2.24) is 9.88 Å². The van der Waals surface area contributed by atoms with E-state index in [0.717, 1.165) is 40.8 Å². The lowest BCUT2D eigenvalue weighted by Crippen LogP contribution is -2.32. The molecule has 0 unspecified atom stereocenters. The first-order chi connectivity index (χ1) is 12.1. The van der Waals surface area contributed by atoms with Crippen molar-refractivity contribution >= 4 is 32.8 Å². The highest BCUT2D eigenvalue weighted by molar-refractivity contribution is 9.10. The van der Waals surface area contributed by atoms with Crippen LogP contribution >= 0.6 is 15.9 Å². The SMILES string of the molecule is O=C(O)c1c2c(nc3cc(Br)ccc13)CCN(Cc1ccccc1)C2. The summed E-state index contributed by atoms with van der Waals surface area (Å²) >= 11 is 3.44. The number of carboxylic acid groups (broad SMARTS) is 1. The first-order valence-electron chi connectivity index (χ1n) is 8.22. The Morgan fingerprint density at radius 1 is 1.20 bits per heavy atom. The quantitative estimate of drug-likeness (QED) is 0.718. The van der Waals surface area contributed by atoms with Gasteiger partial charge in [-0.3, -0.25) is 9.88 Å². The number of fused-ring (bicyclic) bond motifs is 2. The number of carbonyl (C=O) groups is 1. The summed E-state index contributed by atoms with van der Waals surface area (Å²) in [5.74, 6) is -0.882. The van der Waals surface area contributed by atoms with E-state index < -0.39 is 5.97 Å². The van der Waals surface area contributed by atoms with E-state index >= 15 is 0 Å². The van der Waals surface area contributed by atoms with E-state index in [1.165, 1.54) is 5.56 Å². The summed E-state index contributed by atoms with van der Waals surface area (Å²) < 4.78 is 0.908. The van der Waals surface area contributed by atoms with Crippen molar-refractivity contribution in [2.45, 2.75) is 19.5 Å². The van der Waals surface area contributed by atoms with Crippen LogP contribution in [0.2, 0.25) is 0 Å². The minimum Gasteiger partial charge on any atom is -0.478 e. The first-order valence-corrected chi connectivity index (χ1v) is 9.01. The van der Waals surface area contributed by atoms with Crippen molar-refractivity contribution in [2.24, 2.45) is 0 Å². The van der Waals surface area contributed by atoms with Crippen molar-refractivity contribution in [3.63, 3.8) is 0 Å². The summed E-state index contributed by atoms with van der Waals surface area (Å²) in [4.78, 5) is 19.0. The average Bonchev–Trinajstić information content (AvgIpc) is 2.60. The molecule has 1 N–H and O–H groups in total. The molecule has 0 aliphatic carbocycles. The number of rotatable bonds is 3. The maximum atomic E-state index is 12.0. The Balaban J connectivity index is 1.76. The molecule has 0 spiro atoms. The van der Waals surface area contributed by atoms with Crippen LogP contribution in [0.4, 0.5) is 0 Å². The summed E-state index contributed by atoms with van der Waals surface area (Å²) in [7, 11) is 0. The second-order valence-corrected chi connectivity index (χ2v) is 7.24. The second-order valence-electron chi connectivity index (χ2n) is 6.32. The van der Waals surface area contributed by atoms with Gasteiger partial charge in [-0.25, -0.2) is 4.79 Å². The summed E-state index contributed by atoms with van der Waals surface area (Å²) in [6, 6.07) is 15.9. The molecule has 1 aliphatic rings. The summed E-state index contributed by atoms with van der Waals surface area (Å²) in [6.07, 6.45) is 0.769. The average molecular weight is 397 g/mol. The lowest BCUT2D eigenvalue weighted by atomic mass is 9.95. The molecule has 0 fully saturated rings. The van der Waals surface area contributed by atoms with Gasteiger partial charge in [-0.1, -0.05) is 52.3 Å². The third kappa shape index (κ3) is 3.17. The highest BCUT2D eigenvalue weighted by atomic mass is 79.9. The fraction of sp³-hybridized carbons (Fsp3) is 0.200. The molecule has 0 bridgehead atoms. The Morgan fingerprint density at radius 3 is 2.76 bits per heavy atom. The van der Waals surface area contributed by atoms with Gasteiger partial charge < -0.3 is 5.11 Å². The number of benzene rings is 2. The van der Waals surface area contributed by atoms with E-state index in [1.54, 1.807) is 0 Å². The lowest BCUT2D eigenvalue weighted by molar-refractivity contribution is 0.0695. The molecule has 5 heteroatoms. The number of nitrogens with zero attached hydrogens (tertiary/aromatic N) is 2. The van der Waals surface area contributed by atoms with Crippen LogP contribution < -0.4 is 0 Å². The van der Waals surface area contributed by atoms with Crippen LogP contribution in [0.5, 0.6) is 0 Å². The molecule has 0 radical (unpaired) electrons. The molecular weight excluding hydrogens is 380 g/mol. The van der Waals surface area contributed by atoms with Gasteiger partial charge in [-0.15, -0.1) is 0 Å². The highest BCUT2D eigenvalue weighted by Gasteiger charge is 2.25. The molecule has 0 saturated heterocycles. The largest absolute Gasteiger partial charge is 0.478 e. The van der Waals surface area contributed by atoms with Crippen molar-refractivity contribution in [2.75, 3.05) is 6.54 Å². The minimum atomic E-state index is -0.882. The molecule has 4 nitrogen and oxygen atoms in total. The van der Waals surface area contributed by atoms with Gasteiger partial charge in [0.25, 0.3) is 0 Å². The molecule has 2 aromatic carbocycles. The minimum absolute atomic E-state index is 0.394. The van der Waals surface area contributed by atoms with Crippen molar-refractivity contribution in [3.8, 4) is 0 Å². The monoisotopic (exact) mass is 396 g/mol. The molecule has 0 atom stereocenters. The van der Waals surface area contributed by atoms with Crippen LogP contribution in [-0.4, -0.2) is 27.5 Å². The fourth-order valence-electron chi connectivity index (χ4n) is 3.49. The summed E-state index contributed by atoms with van der Waals surface area (Å²) in [5.41, 5.74) is 4.13. The Kier molecular flexibility index (Phi) is 4.27. The van der Waals surface area contributed by atoms with Gasteiger partial charge in [-0.05, 0) is 17.7 Å². The standard InChI is InChI=1S/C20H17BrN2O2/c21-14-6-7-15-18(10-14)22-17-8-9-23(11-13-4-2-1-3-5-13)12-16(17)19(15)20(24)25/h1-7,10H,8-9,11-12H2,(H,24,25). The highest BCUT2D eigenvalue weighted by Crippen LogP contribution is 2.30. The number of pyridine rings is 1. The van der Waals surface area contributed by atoms with Gasteiger partial charge in [0.1, 0.15) is 0 Å². The second kappa shape index (κ2) is 6.58. The molecule has 126 valence electrons. The van der Waals surface area contributed by atoms with E-state index in [4.69, 9.17) is 4.98 Å². The third-order valence-electron chi connectivity index (χ3n) is 4.64. The predicted molar refractivity (Wildman–Crippen MR) is 101 cm³/mol. The van der Waals surface area contributed by atoms with Crippen LogP contribution in [0, 0.1) is 0 Å². The number of hydrogen-bond donors (Lipinski definition) is 1. The van der Waals surface area contributed by atoms with E-state index in [9.17, 15) is 9.90 Å². The molecule has 1 aromatic heterocycles. The van der Waals surface area contributed by atoms with Crippen LogP contribution in [0.1, 0.15) is 27.2 Å². The van der Waals surface area contributed by atoms with Gasteiger partial charge in [-0.2, -0.15) is 0 Å². The zero-order valence-corrected chi connectivity index (χ0v) is 15.2. The maximum absolute atomic E-state index is 12.0. The Hall–Kier alpha value is -2.24. The van der Waals surface area contributed by atoms with Crippen molar-refractivity contribution < 1.29 is 9.90 Å². The van der Waals surface area contributed by atoms with Gasteiger partial charge in [0.2, 0.25) is 0 Å². The van der Waals surface area contributed by atoms with Crippen LogP contribution in [0.3, 0.4) is 0 Å². The normalized spacial score (nSPS) is 14.4. The van der Waals surface area contributed by atoms with Gasteiger partial charge in [0, 0.05) is 47.2 Å². The molecule has 3 aromatic rings. The topological polar surface area (TPSA) is 53.4 Å². The smallest absolute Gasteiger partial charge is 0.336 e. The number of halogens is 1. The van der Waals surface area contributed by atoms with Gasteiger partial charge in [0.05, 0.1) is 11.1 Å². The molecule has 1 aliphatic heterocycles. The molecule has 4 rings (SSSR count). The van der Waals surface area contributed by atoms with Crippen molar-refractivity contribution in [3.05, 3.63) is 75.4 Å². The van der Waals surface area contributed by atoms with Crippen molar-refractivity contribution in [1.29, 1.82) is 0 Å². The molecule has 2 heterocycles. The summed E-state index contributed by atoms with van der Waals surface area (Å²) in [6.45, 7) is 2.32. The van der Waals surface area contributed by atoms with Crippen LogP contribution in [0.25, 0.3) is 10.9 Å². The van der Waals surface area contributed by atoms with Crippen LogP contribution in [0.15, 0.2) is 53.0 Å². The Morgan fingerprint density at radius 2 is 2.00 bits per heavy atom. The van der Waals surface area contributed by atoms with E-state index in [-0.39, 0.29) is 0 Å². The predicted octanol–water partition coefficient (Wildman–Crippen LogP) is 4.25. The van der Waals surface area contributed by atoms with E-state index in [0.29, 0.717) is 17.5 Å². The summed E-state index contributed by atoms with van der Waals surface area (Å²) in [5, 5.41) is 10.5. The Labute approximate surface area is 154 Å². The molecular formula is C20H17BrN2O2. The number of hydrogen-bond acceptors (Lipinski definition) is 3. The number of aromatic nitrogens is 1. The molecule has 0 amide bonds.